The van der Waals surface area contributed by atoms with Crippen LogP contribution in [0.3, 0.4) is 0 Å². The maximum atomic E-state index is 13.8. The number of fused-ring (bicyclic) bond motifs is 1. The van der Waals surface area contributed by atoms with E-state index in [1.165, 1.54) is 28.5 Å². The number of morpholine rings is 1. The van der Waals surface area contributed by atoms with Gasteiger partial charge in [0.05, 0.1) is 41.8 Å². The smallest absolute Gasteiger partial charge is 0.269 e. The van der Waals surface area contributed by atoms with Crippen LogP contribution in [0.5, 0.6) is 5.75 Å². The molecule has 11 heteroatoms. The first-order valence-corrected chi connectivity index (χ1v) is 12.9. The lowest BCUT2D eigenvalue weighted by atomic mass is 10.1. The quantitative estimate of drug-likeness (QED) is 0.151. The summed E-state index contributed by atoms with van der Waals surface area (Å²) in [7, 11) is 1.55. The number of nitro benzene ring substituents is 1. The van der Waals surface area contributed by atoms with Crippen LogP contribution in [0.15, 0.2) is 76.7 Å². The monoisotopic (exact) mass is 532 g/mol. The molecule has 1 aliphatic heterocycles. The Morgan fingerprint density at radius 1 is 1.11 bits per heavy atom. The average molecular weight is 533 g/mol. The van der Waals surface area contributed by atoms with E-state index in [4.69, 9.17) is 14.5 Å². The number of rotatable bonds is 7. The molecule has 0 saturated carbocycles. The van der Waals surface area contributed by atoms with E-state index in [9.17, 15) is 19.7 Å². The van der Waals surface area contributed by atoms with Crippen LogP contribution in [0.2, 0.25) is 0 Å². The largest absolute Gasteiger partial charge is 0.497 e. The van der Waals surface area contributed by atoms with Crippen molar-refractivity contribution in [1.82, 2.24) is 14.5 Å². The highest BCUT2D eigenvalue weighted by molar-refractivity contribution is 7.98. The number of ether oxygens (including phenoxy) is 2. The number of aromatic nitrogens is 2. The van der Waals surface area contributed by atoms with Crippen molar-refractivity contribution in [3.8, 4) is 11.4 Å². The third kappa shape index (κ3) is 5.24. The predicted octanol–water partition coefficient (Wildman–Crippen LogP) is 4.07. The summed E-state index contributed by atoms with van der Waals surface area (Å²) in [4.78, 5) is 44.1. The second kappa shape index (κ2) is 11.0. The zero-order valence-electron chi connectivity index (χ0n) is 20.5. The van der Waals surface area contributed by atoms with Gasteiger partial charge in [0.2, 0.25) is 0 Å². The molecule has 1 aliphatic rings. The average Bonchev–Trinajstić information content (AvgIpc) is 2.96. The van der Waals surface area contributed by atoms with E-state index in [2.05, 4.69) is 0 Å². The van der Waals surface area contributed by atoms with Crippen LogP contribution in [0.4, 0.5) is 5.69 Å². The number of benzene rings is 3. The van der Waals surface area contributed by atoms with Crippen LogP contribution in [0.25, 0.3) is 16.6 Å². The van der Waals surface area contributed by atoms with E-state index in [0.717, 1.165) is 0 Å². The van der Waals surface area contributed by atoms with Gasteiger partial charge >= 0.3 is 0 Å². The summed E-state index contributed by atoms with van der Waals surface area (Å²) in [5, 5.41) is 12.0. The van der Waals surface area contributed by atoms with E-state index in [1.807, 2.05) is 0 Å². The fraction of sp³-hybridized carbons (Fsp3) is 0.222. The zero-order valence-corrected chi connectivity index (χ0v) is 21.3. The topological polar surface area (TPSA) is 117 Å². The first kappa shape index (κ1) is 25.4. The van der Waals surface area contributed by atoms with Gasteiger partial charge in [-0.15, -0.1) is 0 Å². The number of thioether (sulfide) groups is 1. The van der Waals surface area contributed by atoms with Gasteiger partial charge in [-0.25, -0.2) is 4.98 Å². The molecule has 1 fully saturated rings. The van der Waals surface area contributed by atoms with Crippen molar-refractivity contribution >= 4 is 34.3 Å². The Labute approximate surface area is 222 Å². The number of carbonyl (C=O) groups is 1. The highest BCUT2D eigenvalue weighted by Crippen LogP contribution is 2.27. The molecule has 0 unspecified atom stereocenters. The maximum absolute atomic E-state index is 13.8. The minimum Gasteiger partial charge on any atom is -0.497 e. The van der Waals surface area contributed by atoms with Crippen LogP contribution in [-0.2, 0) is 10.5 Å². The molecule has 2 heterocycles. The summed E-state index contributed by atoms with van der Waals surface area (Å²) in [6, 6.07) is 18.3. The molecule has 10 nitrogen and oxygen atoms in total. The number of nitrogens with zero attached hydrogens (tertiary/aromatic N) is 4. The van der Waals surface area contributed by atoms with Crippen LogP contribution < -0.4 is 10.3 Å². The summed E-state index contributed by atoms with van der Waals surface area (Å²) < 4.78 is 12.2. The van der Waals surface area contributed by atoms with Crippen molar-refractivity contribution in [2.24, 2.45) is 0 Å². The van der Waals surface area contributed by atoms with Gasteiger partial charge in [-0.2, -0.15) is 0 Å². The van der Waals surface area contributed by atoms with Crippen LogP contribution in [0, 0.1) is 10.1 Å². The molecular formula is C27H24N4O6S. The Kier molecular flexibility index (Phi) is 7.38. The molecule has 0 bridgehead atoms. The molecule has 0 N–H and O–H groups in total. The van der Waals surface area contributed by atoms with Gasteiger partial charge in [-0.1, -0.05) is 30.0 Å². The predicted molar refractivity (Wildman–Crippen MR) is 143 cm³/mol. The number of hydrogen-bond acceptors (Lipinski definition) is 8. The summed E-state index contributed by atoms with van der Waals surface area (Å²) in [6.07, 6.45) is 0. The van der Waals surface area contributed by atoms with Gasteiger partial charge in [0, 0.05) is 42.6 Å². The highest BCUT2D eigenvalue weighted by Gasteiger charge is 2.21. The summed E-state index contributed by atoms with van der Waals surface area (Å²) in [5.74, 6) is 0.783. The Morgan fingerprint density at radius 3 is 2.66 bits per heavy atom. The van der Waals surface area contributed by atoms with Crippen molar-refractivity contribution in [1.29, 1.82) is 0 Å². The van der Waals surface area contributed by atoms with Crippen molar-refractivity contribution < 1.29 is 19.2 Å². The lowest BCUT2D eigenvalue weighted by Gasteiger charge is -2.26. The highest BCUT2D eigenvalue weighted by atomic mass is 32.2. The molecule has 1 saturated heterocycles. The summed E-state index contributed by atoms with van der Waals surface area (Å²) in [5.41, 5.74) is 1.82. The Morgan fingerprint density at radius 2 is 1.89 bits per heavy atom. The summed E-state index contributed by atoms with van der Waals surface area (Å²) >= 11 is 1.28. The van der Waals surface area contributed by atoms with Gasteiger partial charge < -0.3 is 14.4 Å². The van der Waals surface area contributed by atoms with E-state index in [1.54, 1.807) is 66.6 Å². The second-order valence-corrected chi connectivity index (χ2v) is 9.53. The second-order valence-electron chi connectivity index (χ2n) is 8.59. The van der Waals surface area contributed by atoms with Gasteiger partial charge in [-0.05, 0) is 35.9 Å². The number of amides is 1. The van der Waals surface area contributed by atoms with Gasteiger partial charge in [-0.3, -0.25) is 24.3 Å². The van der Waals surface area contributed by atoms with Gasteiger partial charge in [0.15, 0.2) is 5.16 Å². The van der Waals surface area contributed by atoms with Crippen molar-refractivity contribution in [2.45, 2.75) is 10.9 Å². The standard InChI is InChI=1S/C27H24N4O6S/c1-36-22-7-3-5-20(16-22)30-26(33)23-9-8-19(25(32)29-10-12-37-13-11-29)15-24(23)28-27(30)38-17-18-4-2-6-21(14-18)31(34)35/h2-9,14-16H,10-13,17H2,1H3. The number of nitro groups is 1. The third-order valence-corrected chi connectivity index (χ3v) is 7.19. The molecule has 0 atom stereocenters. The van der Waals surface area contributed by atoms with Crippen LogP contribution in [0.1, 0.15) is 15.9 Å². The Bertz CT molecular complexity index is 1580. The summed E-state index contributed by atoms with van der Waals surface area (Å²) in [6.45, 7) is 1.99. The first-order chi connectivity index (χ1) is 18.4. The fourth-order valence-corrected chi connectivity index (χ4v) is 5.18. The van der Waals surface area contributed by atoms with E-state index in [-0.39, 0.29) is 17.2 Å². The normalized spacial score (nSPS) is 13.4. The molecule has 5 rings (SSSR count). The lowest BCUT2D eigenvalue weighted by Crippen LogP contribution is -2.40. The lowest BCUT2D eigenvalue weighted by molar-refractivity contribution is -0.384. The first-order valence-electron chi connectivity index (χ1n) is 11.9. The van der Waals surface area contributed by atoms with Crippen LogP contribution in [-0.4, -0.2) is 58.7 Å². The van der Waals surface area contributed by atoms with Gasteiger partial charge in [0.1, 0.15) is 5.75 Å². The van der Waals surface area contributed by atoms with E-state index >= 15 is 0 Å². The van der Waals surface area contributed by atoms with E-state index < -0.39 is 4.92 Å². The van der Waals surface area contributed by atoms with Crippen molar-refractivity contribution in [3.05, 3.63) is 98.3 Å². The third-order valence-electron chi connectivity index (χ3n) is 6.18. The van der Waals surface area contributed by atoms with Gasteiger partial charge in [0.25, 0.3) is 17.2 Å². The molecule has 194 valence electrons. The molecule has 38 heavy (non-hydrogen) atoms. The van der Waals surface area contributed by atoms with Crippen LogP contribution >= 0.6 is 11.8 Å². The fourth-order valence-electron chi connectivity index (χ4n) is 4.23. The van der Waals surface area contributed by atoms with Crippen molar-refractivity contribution in [3.63, 3.8) is 0 Å². The number of hydrogen-bond donors (Lipinski definition) is 0. The van der Waals surface area contributed by atoms with Crippen molar-refractivity contribution in [2.75, 3.05) is 33.4 Å². The maximum Gasteiger partial charge on any atom is 0.269 e. The molecule has 1 amide bonds. The SMILES string of the molecule is COc1cccc(-n2c(SCc3cccc([N+](=O)[O-])c3)nc3cc(C(=O)N4CCOCC4)ccc3c2=O)c1. The Balaban J connectivity index is 1.58. The molecule has 0 aliphatic carbocycles. The zero-order chi connectivity index (χ0) is 26.6. The number of methoxy groups -OCH3 is 1. The minimum absolute atomic E-state index is 0.00831. The number of non-ortho nitro benzene ring substituents is 1. The molecule has 1 aromatic heterocycles. The molecule has 0 spiro atoms. The molecular weight excluding hydrogens is 508 g/mol. The molecule has 3 aromatic carbocycles. The number of carbonyl (C=O) groups excluding carboxylic acids is 1. The minimum atomic E-state index is -0.443. The van der Waals surface area contributed by atoms with E-state index in [0.29, 0.717) is 70.7 Å². The molecule has 0 radical (unpaired) electrons. The Hall–Kier alpha value is -4.22. The molecule has 4 aromatic rings.